The molecule has 0 heterocycles. The Labute approximate surface area is 76.6 Å². The molecule has 0 aromatic heterocycles. The number of aldehydes is 1. The Bertz CT molecular complexity index is 159. The maximum atomic E-state index is 10.1. The van der Waals surface area contributed by atoms with Crippen molar-refractivity contribution in [2.75, 3.05) is 6.61 Å². The first kappa shape index (κ1) is 12.5. The quantitative estimate of drug-likeness (QED) is 0.381. The molecule has 4 N–H and O–H groups in total. The van der Waals surface area contributed by atoms with Gasteiger partial charge < -0.3 is 25.2 Å². The Morgan fingerprint density at radius 3 is 2.31 bits per heavy atom. The summed E-state index contributed by atoms with van der Waals surface area (Å²) in [5.74, 6) is 0. The van der Waals surface area contributed by atoms with Gasteiger partial charge in [-0.25, -0.2) is 0 Å². The van der Waals surface area contributed by atoms with Crippen molar-refractivity contribution in [2.45, 2.75) is 37.6 Å². The zero-order valence-corrected chi connectivity index (χ0v) is 7.55. The summed E-state index contributed by atoms with van der Waals surface area (Å²) in [6.07, 6.45) is -2.48. The van der Waals surface area contributed by atoms with Gasteiger partial charge in [-0.05, 0) is 6.92 Å². The van der Waals surface area contributed by atoms with E-state index in [1.54, 1.807) is 0 Å². The molecule has 5 nitrogen and oxygen atoms in total. The number of aliphatic hydroxyl groups is 4. The van der Waals surface area contributed by atoms with E-state index in [0.29, 0.717) is 0 Å². The van der Waals surface area contributed by atoms with Crippen molar-refractivity contribution in [2.24, 2.45) is 0 Å². The minimum absolute atomic E-state index is 0.0738. The van der Waals surface area contributed by atoms with E-state index >= 15 is 0 Å². The molecule has 0 saturated carbocycles. The summed E-state index contributed by atoms with van der Waals surface area (Å²) in [5, 5.41) is 36.4. The molecule has 0 unspecified atom stereocenters. The van der Waals surface area contributed by atoms with Gasteiger partial charge in [0.25, 0.3) is 0 Å². The third-order valence-corrected chi connectivity index (χ3v) is 2.04. The van der Waals surface area contributed by atoms with Crippen molar-refractivity contribution >= 4 is 6.29 Å². The largest absolute Gasteiger partial charge is 0.396 e. The second kappa shape index (κ2) is 5.29. The number of carbonyl (C=O) groups excluding carboxylic acids is 1. The fraction of sp³-hybridized carbons (Fsp3) is 0.875. The summed E-state index contributed by atoms with van der Waals surface area (Å²) >= 11 is 0. The molecule has 0 amide bonds. The minimum atomic E-state index is -1.60. The molecule has 0 aliphatic rings. The van der Waals surface area contributed by atoms with Crippen molar-refractivity contribution < 1.29 is 25.2 Å². The lowest BCUT2D eigenvalue weighted by Crippen LogP contribution is -2.44. The average Bonchev–Trinajstić information content (AvgIpc) is 2.04. The van der Waals surface area contributed by atoms with Crippen LogP contribution in [-0.4, -0.2) is 51.1 Å². The lowest BCUT2D eigenvalue weighted by atomic mass is 9.88. The van der Waals surface area contributed by atoms with Crippen LogP contribution in [0.25, 0.3) is 0 Å². The molecular formula is C8H16O5. The molecule has 0 bridgehead atoms. The van der Waals surface area contributed by atoms with Gasteiger partial charge in [0.05, 0.1) is 11.7 Å². The summed E-state index contributed by atoms with van der Waals surface area (Å²) in [6.45, 7) is 1.03. The normalized spacial score (nSPS) is 20.4. The maximum Gasteiger partial charge on any atom is 0.148 e. The molecule has 5 heteroatoms. The third kappa shape index (κ3) is 3.82. The smallest absolute Gasteiger partial charge is 0.148 e. The second-order valence-corrected chi connectivity index (χ2v) is 3.16. The second-order valence-electron chi connectivity index (χ2n) is 3.16. The summed E-state index contributed by atoms with van der Waals surface area (Å²) in [4.78, 5) is 10.1. The van der Waals surface area contributed by atoms with Crippen LogP contribution in [0.4, 0.5) is 0 Å². The molecule has 0 fully saturated rings. The average molecular weight is 192 g/mol. The predicted molar refractivity (Wildman–Crippen MR) is 45.0 cm³/mol. The van der Waals surface area contributed by atoms with Gasteiger partial charge in [-0.15, -0.1) is 0 Å². The fourth-order valence-corrected chi connectivity index (χ4v) is 1.09. The molecule has 3 atom stereocenters. The van der Waals surface area contributed by atoms with Crippen molar-refractivity contribution in [3.8, 4) is 0 Å². The van der Waals surface area contributed by atoms with Gasteiger partial charge in [0.1, 0.15) is 12.4 Å². The van der Waals surface area contributed by atoms with E-state index in [1.807, 2.05) is 0 Å². The first-order chi connectivity index (χ1) is 5.96. The van der Waals surface area contributed by atoms with Crippen LogP contribution in [0.3, 0.4) is 0 Å². The van der Waals surface area contributed by atoms with Crippen LogP contribution >= 0.6 is 0 Å². The monoisotopic (exact) mass is 192 g/mol. The molecule has 0 radical (unpaired) electrons. The van der Waals surface area contributed by atoms with Crippen molar-refractivity contribution in [1.29, 1.82) is 0 Å². The van der Waals surface area contributed by atoms with E-state index in [9.17, 15) is 9.90 Å². The third-order valence-electron chi connectivity index (χ3n) is 2.04. The summed E-state index contributed by atoms with van der Waals surface area (Å²) in [6, 6.07) is 0. The highest BCUT2D eigenvalue weighted by Gasteiger charge is 2.34. The molecule has 0 aromatic carbocycles. The molecule has 13 heavy (non-hydrogen) atoms. The topological polar surface area (TPSA) is 98.0 Å². The van der Waals surface area contributed by atoms with Crippen molar-refractivity contribution in [3.63, 3.8) is 0 Å². The van der Waals surface area contributed by atoms with E-state index in [-0.39, 0.29) is 25.7 Å². The number of hydrogen-bond acceptors (Lipinski definition) is 5. The van der Waals surface area contributed by atoms with Gasteiger partial charge in [-0.3, -0.25) is 0 Å². The van der Waals surface area contributed by atoms with Gasteiger partial charge in [0.15, 0.2) is 0 Å². The Hall–Kier alpha value is -0.490. The van der Waals surface area contributed by atoms with Crippen LogP contribution in [-0.2, 0) is 4.79 Å². The van der Waals surface area contributed by atoms with E-state index in [1.165, 1.54) is 6.92 Å². The molecule has 0 aliphatic heterocycles. The Morgan fingerprint density at radius 1 is 1.46 bits per heavy atom. The van der Waals surface area contributed by atoms with Gasteiger partial charge >= 0.3 is 0 Å². The number of aliphatic hydroxyl groups excluding tert-OH is 3. The highest BCUT2D eigenvalue weighted by Crippen LogP contribution is 2.21. The molecular weight excluding hydrogens is 176 g/mol. The lowest BCUT2D eigenvalue weighted by Gasteiger charge is -2.31. The zero-order valence-electron chi connectivity index (χ0n) is 7.55. The Morgan fingerprint density at radius 2 is 2.00 bits per heavy atom. The van der Waals surface area contributed by atoms with Gasteiger partial charge in [-0.2, -0.15) is 0 Å². The number of hydrogen-bond donors (Lipinski definition) is 4. The fourth-order valence-electron chi connectivity index (χ4n) is 1.09. The number of carbonyl (C=O) groups is 1. The van der Waals surface area contributed by atoms with Crippen LogP contribution in [0.15, 0.2) is 0 Å². The maximum absolute atomic E-state index is 10.1. The Kier molecular flexibility index (Phi) is 5.09. The molecule has 0 aliphatic carbocycles. The van der Waals surface area contributed by atoms with Crippen LogP contribution < -0.4 is 0 Å². The van der Waals surface area contributed by atoms with Gasteiger partial charge in [0, 0.05) is 19.4 Å². The van der Waals surface area contributed by atoms with Crippen molar-refractivity contribution in [1.82, 2.24) is 0 Å². The van der Waals surface area contributed by atoms with E-state index in [2.05, 4.69) is 0 Å². The first-order valence-electron chi connectivity index (χ1n) is 4.11. The molecule has 0 saturated heterocycles. The van der Waals surface area contributed by atoms with Crippen molar-refractivity contribution in [3.05, 3.63) is 0 Å². The Balaban J connectivity index is 4.31. The lowest BCUT2D eigenvalue weighted by molar-refractivity contribution is -0.127. The van der Waals surface area contributed by atoms with Crippen LogP contribution in [0, 0.1) is 0 Å². The summed E-state index contributed by atoms with van der Waals surface area (Å²) in [5.41, 5.74) is -1.60. The summed E-state index contributed by atoms with van der Waals surface area (Å²) < 4.78 is 0. The van der Waals surface area contributed by atoms with Gasteiger partial charge in [0.2, 0.25) is 0 Å². The van der Waals surface area contributed by atoms with E-state index < -0.39 is 17.8 Å². The van der Waals surface area contributed by atoms with Crippen LogP contribution in [0.1, 0.15) is 19.8 Å². The molecule has 78 valence electrons. The van der Waals surface area contributed by atoms with E-state index in [4.69, 9.17) is 15.3 Å². The number of rotatable bonds is 6. The van der Waals surface area contributed by atoms with Crippen LogP contribution in [0.5, 0.6) is 0 Å². The minimum Gasteiger partial charge on any atom is -0.396 e. The zero-order chi connectivity index (χ0) is 10.5. The predicted octanol–water partition coefficient (Wildman–Crippen LogP) is -1.57. The SMILES string of the molecule is C[C@@H](O)[C@@](O)(CCO)C[C@@H](O)C=O. The van der Waals surface area contributed by atoms with Crippen LogP contribution in [0.2, 0.25) is 0 Å². The highest BCUT2D eigenvalue weighted by atomic mass is 16.3. The molecule has 0 aromatic rings. The van der Waals surface area contributed by atoms with E-state index in [0.717, 1.165) is 0 Å². The molecule has 0 spiro atoms. The molecule has 0 rings (SSSR count). The summed E-state index contributed by atoms with van der Waals surface area (Å²) in [7, 11) is 0. The first-order valence-corrected chi connectivity index (χ1v) is 4.11. The standard InChI is InChI=1S/C8H16O5/c1-6(11)8(13,2-3-9)4-7(12)5-10/h5-7,9,11-13H,2-4H2,1H3/t6-,7-,8-/m1/s1. The highest BCUT2D eigenvalue weighted by molar-refractivity contribution is 5.55. The van der Waals surface area contributed by atoms with Gasteiger partial charge in [-0.1, -0.05) is 0 Å².